The van der Waals surface area contributed by atoms with Gasteiger partial charge in [0, 0.05) is 23.7 Å². The maximum absolute atomic E-state index is 12.4. The molecular weight excluding hydrogens is 380 g/mol. The summed E-state index contributed by atoms with van der Waals surface area (Å²) in [5.74, 6) is -2.08. The molecule has 0 radical (unpaired) electrons. The van der Waals surface area contributed by atoms with E-state index in [0.29, 0.717) is 16.4 Å². The van der Waals surface area contributed by atoms with Crippen molar-refractivity contribution in [3.05, 3.63) is 53.6 Å². The van der Waals surface area contributed by atoms with Gasteiger partial charge in [-0.15, -0.1) is 0 Å². The number of hydrogen-bond donors (Lipinski definition) is 2. The molecular formula is C17H15ClN2O5S. The summed E-state index contributed by atoms with van der Waals surface area (Å²) >= 11 is 5.85. The first-order chi connectivity index (χ1) is 12.3. The molecule has 9 heteroatoms. The highest BCUT2D eigenvalue weighted by Crippen LogP contribution is 2.27. The number of amides is 1. The molecule has 2 aromatic rings. The predicted molar refractivity (Wildman–Crippen MR) is 96.8 cm³/mol. The number of nitrogens with one attached hydrogen (secondary N) is 1. The van der Waals surface area contributed by atoms with E-state index in [4.69, 9.17) is 16.7 Å². The van der Waals surface area contributed by atoms with Crippen LogP contribution >= 0.6 is 11.6 Å². The van der Waals surface area contributed by atoms with Gasteiger partial charge in [-0.3, -0.25) is 14.3 Å². The van der Waals surface area contributed by atoms with E-state index in [1.807, 2.05) is 0 Å². The van der Waals surface area contributed by atoms with Crippen molar-refractivity contribution < 1.29 is 23.1 Å². The Bertz CT molecular complexity index is 959. The Morgan fingerprint density at radius 2 is 1.88 bits per heavy atom. The van der Waals surface area contributed by atoms with Gasteiger partial charge in [0.05, 0.1) is 16.5 Å². The molecule has 7 nitrogen and oxygen atoms in total. The number of carboxylic acid groups (broad SMARTS) is 1. The number of carbonyl (C=O) groups excluding carboxylic acids is 1. The zero-order chi connectivity index (χ0) is 18.9. The van der Waals surface area contributed by atoms with Crippen LogP contribution in [0.1, 0.15) is 6.42 Å². The molecule has 1 atom stereocenters. The van der Waals surface area contributed by atoms with Crippen LogP contribution in [-0.4, -0.2) is 31.9 Å². The Balaban J connectivity index is 1.79. The van der Waals surface area contributed by atoms with Gasteiger partial charge in [-0.25, -0.2) is 8.42 Å². The fraction of sp³-hybridized carbons (Fsp3) is 0.176. The second-order valence-corrected chi connectivity index (χ2v) is 7.97. The lowest BCUT2D eigenvalue weighted by atomic mass is 10.1. The van der Waals surface area contributed by atoms with E-state index >= 15 is 0 Å². The maximum Gasteiger partial charge on any atom is 0.308 e. The molecule has 2 aromatic carbocycles. The van der Waals surface area contributed by atoms with E-state index in [9.17, 15) is 18.0 Å². The SMILES string of the molecule is O=C(O)[C@H]1CC(=O)N(c2ccc(S(=O)(=O)Nc3cccc(Cl)c3)cc2)C1. The number of sulfonamides is 1. The van der Waals surface area contributed by atoms with Crippen molar-refractivity contribution >= 4 is 44.9 Å². The largest absolute Gasteiger partial charge is 0.481 e. The van der Waals surface area contributed by atoms with Crippen LogP contribution in [0.25, 0.3) is 0 Å². The molecule has 1 fully saturated rings. The van der Waals surface area contributed by atoms with E-state index in [1.54, 1.807) is 18.2 Å². The van der Waals surface area contributed by atoms with Crippen molar-refractivity contribution in [2.24, 2.45) is 5.92 Å². The van der Waals surface area contributed by atoms with Crippen LogP contribution in [0.2, 0.25) is 5.02 Å². The molecule has 3 rings (SSSR count). The maximum atomic E-state index is 12.4. The monoisotopic (exact) mass is 394 g/mol. The first-order valence-corrected chi connectivity index (χ1v) is 9.54. The molecule has 0 aromatic heterocycles. The van der Waals surface area contributed by atoms with Gasteiger partial charge >= 0.3 is 5.97 Å². The lowest BCUT2D eigenvalue weighted by molar-refractivity contribution is -0.141. The molecule has 136 valence electrons. The lowest BCUT2D eigenvalue weighted by Gasteiger charge is -2.16. The third kappa shape index (κ3) is 3.81. The summed E-state index contributed by atoms with van der Waals surface area (Å²) in [6.07, 6.45) is -0.0638. The van der Waals surface area contributed by atoms with Gasteiger partial charge in [-0.2, -0.15) is 0 Å². The molecule has 0 aliphatic carbocycles. The average Bonchev–Trinajstić information content (AvgIpc) is 2.97. The molecule has 1 aliphatic heterocycles. The molecule has 26 heavy (non-hydrogen) atoms. The Hall–Kier alpha value is -2.58. The Kier molecular flexibility index (Phi) is 4.88. The molecule has 1 heterocycles. The Labute approximate surface area is 155 Å². The van der Waals surface area contributed by atoms with Crippen LogP contribution in [-0.2, 0) is 19.6 Å². The minimum absolute atomic E-state index is 0.0163. The molecule has 1 aliphatic rings. The van der Waals surface area contributed by atoms with Crippen molar-refractivity contribution in [1.82, 2.24) is 0 Å². The van der Waals surface area contributed by atoms with Gasteiger partial charge < -0.3 is 10.0 Å². The average molecular weight is 395 g/mol. The van der Waals surface area contributed by atoms with Crippen molar-refractivity contribution in [1.29, 1.82) is 0 Å². The summed E-state index contributed by atoms with van der Waals surface area (Å²) in [7, 11) is -3.81. The van der Waals surface area contributed by atoms with Crippen LogP contribution in [0.3, 0.4) is 0 Å². The summed E-state index contributed by atoms with van der Waals surface area (Å²) in [5, 5.41) is 9.43. The summed E-state index contributed by atoms with van der Waals surface area (Å²) in [6.45, 7) is 0.0705. The normalized spacial score (nSPS) is 17.3. The van der Waals surface area contributed by atoms with E-state index in [2.05, 4.69) is 4.72 Å². The number of halogens is 1. The third-order valence-corrected chi connectivity index (χ3v) is 5.64. The summed E-state index contributed by atoms with van der Waals surface area (Å²) in [6, 6.07) is 12.0. The van der Waals surface area contributed by atoms with Crippen LogP contribution in [0.5, 0.6) is 0 Å². The first-order valence-electron chi connectivity index (χ1n) is 7.68. The quantitative estimate of drug-likeness (QED) is 0.811. The Morgan fingerprint density at radius 1 is 1.19 bits per heavy atom. The summed E-state index contributed by atoms with van der Waals surface area (Å²) < 4.78 is 27.3. The van der Waals surface area contributed by atoms with Crippen LogP contribution < -0.4 is 9.62 Å². The highest BCUT2D eigenvalue weighted by atomic mass is 35.5. The molecule has 1 amide bonds. The standard InChI is InChI=1S/C17H15ClN2O5S/c18-12-2-1-3-13(9-12)19-26(24,25)15-6-4-14(5-7-15)20-10-11(17(22)23)8-16(20)21/h1-7,9,11,19H,8,10H2,(H,22,23)/t11-/m0/s1. The minimum Gasteiger partial charge on any atom is -0.481 e. The van der Waals surface area contributed by atoms with Crippen molar-refractivity contribution in [3.63, 3.8) is 0 Å². The van der Waals surface area contributed by atoms with Gasteiger partial charge in [0.1, 0.15) is 0 Å². The first kappa shape index (κ1) is 18.2. The zero-order valence-electron chi connectivity index (χ0n) is 13.4. The van der Waals surface area contributed by atoms with Gasteiger partial charge in [0.25, 0.3) is 10.0 Å². The minimum atomic E-state index is -3.81. The van der Waals surface area contributed by atoms with Gasteiger partial charge in [0.15, 0.2) is 0 Å². The van der Waals surface area contributed by atoms with Gasteiger partial charge in [-0.05, 0) is 42.5 Å². The molecule has 0 unspecified atom stereocenters. The Morgan fingerprint density at radius 3 is 2.46 bits per heavy atom. The number of carbonyl (C=O) groups is 2. The number of nitrogens with zero attached hydrogens (tertiary/aromatic N) is 1. The van der Waals surface area contributed by atoms with Crippen molar-refractivity contribution in [3.8, 4) is 0 Å². The second kappa shape index (κ2) is 6.97. The molecule has 0 bridgehead atoms. The fourth-order valence-corrected chi connectivity index (χ4v) is 3.93. The topological polar surface area (TPSA) is 104 Å². The molecule has 0 spiro atoms. The van der Waals surface area contributed by atoms with Crippen LogP contribution in [0.15, 0.2) is 53.4 Å². The fourth-order valence-electron chi connectivity index (χ4n) is 2.69. The molecule has 2 N–H and O–H groups in total. The number of anilines is 2. The van der Waals surface area contributed by atoms with Crippen LogP contribution in [0, 0.1) is 5.92 Å². The zero-order valence-corrected chi connectivity index (χ0v) is 15.0. The van der Waals surface area contributed by atoms with E-state index in [-0.39, 0.29) is 23.8 Å². The van der Waals surface area contributed by atoms with Gasteiger partial charge in [0.2, 0.25) is 5.91 Å². The summed E-state index contributed by atoms with van der Waals surface area (Å²) in [4.78, 5) is 24.4. The van der Waals surface area contributed by atoms with Gasteiger partial charge in [-0.1, -0.05) is 17.7 Å². The summed E-state index contributed by atoms with van der Waals surface area (Å²) in [5.41, 5.74) is 0.793. The van der Waals surface area contributed by atoms with E-state index in [0.717, 1.165) is 0 Å². The highest BCUT2D eigenvalue weighted by molar-refractivity contribution is 7.92. The number of rotatable bonds is 5. The van der Waals surface area contributed by atoms with Crippen molar-refractivity contribution in [2.45, 2.75) is 11.3 Å². The number of hydrogen-bond acceptors (Lipinski definition) is 4. The molecule has 1 saturated heterocycles. The smallest absolute Gasteiger partial charge is 0.308 e. The van der Waals surface area contributed by atoms with E-state index < -0.39 is 21.9 Å². The highest BCUT2D eigenvalue weighted by Gasteiger charge is 2.35. The van der Waals surface area contributed by atoms with Crippen molar-refractivity contribution in [2.75, 3.05) is 16.2 Å². The second-order valence-electron chi connectivity index (χ2n) is 5.85. The third-order valence-electron chi connectivity index (χ3n) is 4.01. The number of benzene rings is 2. The van der Waals surface area contributed by atoms with E-state index in [1.165, 1.54) is 35.2 Å². The predicted octanol–water partition coefficient (Wildman–Crippen LogP) is 2.58. The van der Waals surface area contributed by atoms with Crippen LogP contribution in [0.4, 0.5) is 11.4 Å². The number of aliphatic carboxylic acids is 1. The lowest BCUT2D eigenvalue weighted by Crippen LogP contribution is -2.25. The molecule has 0 saturated carbocycles. The number of carboxylic acids is 1.